The summed E-state index contributed by atoms with van der Waals surface area (Å²) in [5.41, 5.74) is 0.647. The average Bonchev–Trinajstić information content (AvgIpc) is 3.10. The zero-order chi connectivity index (χ0) is 18.8. The molecular formula is C18H30N2O5. The Bertz CT molecular complexity index is 546. The number of hydrogen-bond donors (Lipinski definition) is 0. The third kappa shape index (κ3) is 3.82. The zero-order valence-electron chi connectivity index (χ0n) is 16.1. The Morgan fingerprint density at radius 2 is 1.80 bits per heavy atom. The Kier molecular flexibility index (Phi) is 6.11. The van der Waals surface area contributed by atoms with E-state index in [1.807, 2.05) is 32.0 Å². The Morgan fingerprint density at radius 1 is 1.16 bits per heavy atom. The first-order valence-electron chi connectivity index (χ1n) is 8.69. The summed E-state index contributed by atoms with van der Waals surface area (Å²) in [4.78, 5) is 24.8. The van der Waals surface area contributed by atoms with E-state index < -0.39 is 23.9 Å². The van der Waals surface area contributed by atoms with Crippen molar-refractivity contribution in [2.75, 3.05) is 27.9 Å². The SMILES string of the molecule is COC(=O)[C@@H]1[C@H](C(=O)OC)CC(C)=CN1N1CCC[C@H]1C(C)(C)OC. The van der Waals surface area contributed by atoms with E-state index >= 15 is 0 Å². The maximum Gasteiger partial charge on any atom is 0.331 e. The number of carbonyl (C=O) groups excluding carboxylic acids is 2. The van der Waals surface area contributed by atoms with Crippen molar-refractivity contribution in [2.45, 2.75) is 57.7 Å². The van der Waals surface area contributed by atoms with Crippen molar-refractivity contribution in [3.8, 4) is 0 Å². The average molecular weight is 354 g/mol. The number of hydrazine groups is 1. The maximum atomic E-state index is 12.5. The second kappa shape index (κ2) is 7.74. The van der Waals surface area contributed by atoms with Crippen molar-refractivity contribution < 1.29 is 23.8 Å². The molecule has 1 saturated heterocycles. The molecule has 0 aromatic carbocycles. The van der Waals surface area contributed by atoms with E-state index in [0.29, 0.717) is 6.42 Å². The van der Waals surface area contributed by atoms with Crippen molar-refractivity contribution >= 4 is 11.9 Å². The highest BCUT2D eigenvalue weighted by atomic mass is 16.5. The van der Waals surface area contributed by atoms with Crippen LogP contribution in [0.25, 0.3) is 0 Å². The Morgan fingerprint density at radius 3 is 2.36 bits per heavy atom. The number of rotatable bonds is 5. The summed E-state index contributed by atoms with van der Waals surface area (Å²) in [7, 11) is 4.39. The smallest absolute Gasteiger partial charge is 0.331 e. The summed E-state index contributed by atoms with van der Waals surface area (Å²) >= 11 is 0. The summed E-state index contributed by atoms with van der Waals surface area (Å²) < 4.78 is 15.6. The molecule has 0 unspecified atom stereocenters. The van der Waals surface area contributed by atoms with Crippen molar-refractivity contribution in [1.82, 2.24) is 10.0 Å². The minimum atomic E-state index is -0.727. The predicted octanol–water partition coefficient (Wildman–Crippen LogP) is 1.73. The Labute approximate surface area is 149 Å². The molecule has 0 N–H and O–H groups in total. The van der Waals surface area contributed by atoms with Gasteiger partial charge in [-0.15, -0.1) is 0 Å². The number of nitrogens with zero attached hydrogens (tertiary/aromatic N) is 2. The van der Waals surface area contributed by atoms with Crippen LogP contribution in [-0.4, -0.2) is 67.5 Å². The van der Waals surface area contributed by atoms with Gasteiger partial charge in [-0.25, -0.2) is 9.80 Å². The van der Waals surface area contributed by atoms with E-state index in [2.05, 4.69) is 5.01 Å². The minimum Gasteiger partial charge on any atom is -0.469 e. The molecular weight excluding hydrogens is 324 g/mol. The maximum absolute atomic E-state index is 12.5. The highest BCUT2D eigenvalue weighted by molar-refractivity contribution is 5.85. The Balaban J connectivity index is 2.42. The Hall–Kier alpha value is -1.60. The molecule has 25 heavy (non-hydrogen) atoms. The molecule has 0 aromatic heterocycles. The van der Waals surface area contributed by atoms with E-state index in [0.717, 1.165) is 25.0 Å². The quantitative estimate of drug-likeness (QED) is 0.697. The number of allylic oxidation sites excluding steroid dienone is 1. The van der Waals surface area contributed by atoms with Crippen LogP contribution in [0.5, 0.6) is 0 Å². The first kappa shape index (κ1) is 19.7. The molecule has 0 spiro atoms. The third-order valence-corrected chi connectivity index (χ3v) is 5.36. The van der Waals surface area contributed by atoms with Crippen LogP contribution in [0.15, 0.2) is 11.8 Å². The van der Waals surface area contributed by atoms with Gasteiger partial charge in [0.15, 0.2) is 6.04 Å². The molecule has 0 radical (unpaired) electrons. The lowest BCUT2D eigenvalue weighted by atomic mass is 9.89. The molecule has 7 nitrogen and oxygen atoms in total. The lowest BCUT2D eigenvalue weighted by Crippen LogP contribution is -2.60. The van der Waals surface area contributed by atoms with Crippen LogP contribution in [0.2, 0.25) is 0 Å². The minimum absolute atomic E-state index is 0.102. The topological polar surface area (TPSA) is 68.3 Å². The molecule has 1 fully saturated rings. The van der Waals surface area contributed by atoms with Gasteiger partial charge in [0, 0.05) is 19.9 Å². The molecule has 2 aliphatic heterocycles. The van der Waals surface area contributed by atoms with E-state index in [1.54, 1.807) is 7.11 Å². The van der Waals surface area contributed by atoms with Gasteiger partial charge in [-0.2, -0.15) is 0 Å². The molecule has 2 heterocycles. The molecule has 0 aliphatic carbocycles. The van der Waals surface area contributed by atoms with Gasteiger partial charge in [-0.3, -0.25) is 9.80 Å². The summed E-state index contributed by atoms with van der Waals surface area (Å²) in [5.74, 6) is -1.41. The van der Waals surface area contributed by atoms with Crippen LogP contribution in [-0.2, 0) is 23.8 Å². The van der Waals surface area contributed by atoms with Gasteiger partial charge in [-0.1, -0.05) is 5.57 Å². The zero-order valence-corrected chi connectivity index (χ0v) is 16.1. The van der Waals surface area contributed by atoms with Gasteiger partial charge in [-0.05, 0) is 40.0 Å². The van der Waals surface area contributed by atoms with Crippen LogP contribution in [0.3, 0.4) is 0 Å². The van der Waals surface area contributed by atoms with E-state index in [4.69, 9.17) is 14.2 Å². The second-order valence-electron chi connectivity index (χ2n) is 7.29. The van der Waals surface area contributed by atoms with Gasteiger partial charge in [0.25, 0.3) is 0 Å². The lowest BCUT2D eigenvalue weighted by molar-refractivity contribution is -0.174. The van der Waals surface area contributed by atoms with Gasteiger partial charge in [0.05, 0.1) is 31.8 Å². The van der Waals surface area contributed by atoms with Gasteiger partial charge in [0.1, 0.15) is 0 Å². The third-order valence-electron chi connectivity index (χ3n) is 5.36. The second-order valence-corrected chi connectivity index (χ2v) is 7.29. The van der Waals surface area contributed by atoms with Gasteiger partial charge in [0.2, 0.25) is 0 Å². The lowest BCUT2D eigenvalue weighted by Gasteiger charge is -2.47. The summed E-state index contributed by atoms with van der Waals surface area (Å²) in [6, 6.07) is -0.625. The van der Waals surface area contributed by atoms with Crippen LogP contribution in [0.1, 0.15) is 40.0 Å². The monoisotopic (exact) mass is 354 g/mol. The summed E-state index contributed by atoms with van der Waals surface area (Å²) in [5, 5.41) is 4.02. The fourth-order valence-corrected chi connectivity index (χ4v) is 3.86. The fourth-order valence-electron chi connectivity index (χ4n) is 3.86. The van der Waals surface area contributed by atoms with Crippen LogP contribution in [0, 0.1) is 5.92 Å². The molecule has 0 aromatic rings. The van der Waals surface area contributed by atoms with Crippen LogP contribution < -0.4 is 0 Å². The molecule has 3 atom stereocenters. The van der Waals surface area contributed by atoms with Crippen molar-refractivity contribution in [3.05, 3.63) is 11.8 Å². The number of ether oxygens (including phenoxy) is 3. The number of esters is 2. The normalized spacial score (nSPS) is 27.8. The predicted molar refractivity (Wildman–Crippen MR) is 92.3 cm³/mol. The molecule has 0 saturated carbocycles. The van der Waals surface area contributed by atoms with E-state index in [1.165, 1.54) is 14.2 Å². The molecule has 7 heteroatoms. The highest BCUT2D eigenvalue weighted by Crippen LogP contribution is 2.36. The standard InChI is InChI=1S/C18H30N2O5/c1-12-10-13(16(21)23-4)15(17(22)24-5)20(11-12)19-9-7-8-14(19)18(2,3)25-6/h11,13-15H,7-10H2,1-6H3/t13-,14+,15+/m1/s1. The summed E-state index contributed by atoms with van der Waals surface area (Å²) in [6.07, 6.45) is 4.39. The first-order valence-corrected chi connectivity index (χ1v) is 8.69. The van der Waals surface area contributed by atoms with Gasteiger partial charge >= 0.3 is 11.9 Å². The van der Waals surface area contributed by atoms with Crippen LogP contribution >= 0.6 is 0 Å². The molecule has 2 rings (SSSR count). The molecule has 2 aliphatic rings. The number of carbonyl (C=O) groups is 2. The van der Waals surface area contributed by atoms with E-state index in [-0.39, 0.29) is 11.6 Å². The van der Waals surface area contributed by atoms with Crippen molar-refractivity contribution in [3.63, 3.8) is 0 Å². The molecule has 0 amide bonds. The largest absolute Gasteiger partial charge is 0.469 e. The molecule has 142 valence electrons. The molecule has 0 bridgehead atoms. The van der Waals surface area contributed by atoms with Gasteiger partial charge < -0.3 is 14.2 Å². The van der Waals surface area contributed by atoms with Crippen molar-refractivity contribution in [2.24, 2.45) is 5.92 Å². The summed E-state index contributed by atoms with van der Waals surface area (Å²) in [6.45, 7) is 6.84. The highest BCUT2D eigenvalue weighted by Gasteiger charge is 2.48. The fraction of sp³-hybridized carbons (Fsp3) is 0.778. The van der Waals surface area contributed by atoms with E-state index in [9.17, 15) is 9.59 Å². The van der Waals surface area contributed by atoms with Crippen molar-refractivity contribution in [1.29, 1.82) is 0 Å². The number of methoxy groups -OCH3 is 3. The van der Waals surface area contributed by atoms with Crippen LogP contribution in [0.4, 0.5) is 0 Å². The first-order chi connectivity index (χ1) is 11.8. The number of hydrogen-bond acceptors (Lipinski definition) is 7.